The van der Waals surface area contributed by atoms with E-state index in [9.17, 15) is 4.79 Å². The van der Waals surface area contributed by atoms with Gasteiger partial charge in [0, 0.05) is 0 Å². The fourth-order valence-electron chi connectivity index (χ4n) is 0.282. The molecule has 0 heterocycles. The molecule has 0 aliphatic rings. The second-order valence-electron chi connectivity index (χ2n) is 6.20. The van der Waals surface area contributed by atoms with Crippen molar-refractivity contribution in [3.8, 4) is 0 Å². The fourth-order valence-corrected chi connectivity index (χ4v) is 0.847. The molecule has 0 aliphatic carbocycles. The van der Waals surface area contributed by atoms with Crippen LogP contribution in [0.4, 0.5) is 0 Å². The second kappa shape index (κ2) is 139. The number of ketones is 1. The average molecular weight is 2440 g/mol. The molecule has 0 N–H and O–H groups in total. The number of hydrogen-bond donors (Lipinski definition) is 0. The largest absolute Gasteiger partial charge is 0.300 e. The number of alkyl halides is 60. The van der Waals surface area contributed by atoms with Gasteiger partial charge in [-0.15, -0.1) is 0 Å². The number of Topliss-reactive ketones (excluding diaryl/α,β-unsaturated/α-hetero) is 1. The molecule has 542 valence electrons. The predicted octanol–water partition coefficient (Wildman–Crippen LogP) is 40.1. The molecular weight excluding hydrogens is 2420 g/mol. The predicted molar refractivity (Wildman–Crippen MR) is 441 cm³/mol. The quantitative estimate of drug-likeness (QED) is 0.239. The Balaban J connectivity index is -0.0000000286. The monoisotopic (exact) mass is 2410 g/mol. The lowest BCUT2D eigenvalue weighted by Gasteiger charge is -2.05. The maximum absolute atomic E-state index is 10.2. The Hall–Kier alpha value is 17.1. The Labute approximate surface area is 790 Å². The number of halogens is 60. The highest BCUT2D eigenvalue weighted by Gasteiger charge is 2.21. The average Bonchev–Trinajstić information content (AvgIpc) is 3.02. The lowest BCUT2D eigenvalue weighted by atomic mass is 10.3. The topological polar surface area (TPSA) is 17.1 Å². The molecule has 1 nitrogen and oxygen atoms in total. The highest BCUT2D eigenvalue weighted by Crippen LogP contribution is 2.29. The molecule has 0 atom stereocenters. The molecule has 0 aromatic rings. The molecule has 0 saturated carbocycles. The van der Waals surface area contributed by atoms with Crippen LogP contribution in [-0.4, -0.2) is 91.2 Å². The van der Waals surface area contributed by atoms with Gasteiger partial charge >= 0.3 is 0 Å². The van der Waals surface area contributed by atoms with Crippen molar-refractivity contribution in [2.45, 2.75) is 98.8 Å². The summed E-state index contributed by atoms with van der Waals surface area (Å²) in [6.45, 7) is 1.38. The van der Waals surface area contributed by atoms with E-state index in [2.05, 4.69) is 0 Å². The van der Waals surface area contributed by atoms with Crippen molar-refractivity contribution in [3.05, 3.63) is 0 Å². The Morgan fingerprint density at radius 3 is 0.214 bits per heavy atom. The zero-order chi connectivity index (χ0) is 74.8. The van der Waals surface area contributed by atoms with Crippen LogP contribution in [0.2, 0.25) is 0 Å². The molecule has 0 saturated heterocycles. The second-order valence-corrected chi connectivity index (χ2v) is 46.3. The molecule has 0 rings (SSSR count). The van der Waals surface area contributed by atoms with Crippen molar-refractivity contribution in [2.24, 2.45) is 0 Å². The molecule has 0 aromatic carbocycles. The number of carbonyl (C=O) groups is 1. The van der Waals surface area contributed by atoms with Crippen molar-refractivity contribution >= 4 is 702 Å². The summed E-state index contributed by atoms with van der Waals surface area (Å²) >= 11 is 290. The van der Waals surface area contributed by atoms with Gasteiger partial charge in [-0.05, 0) is 6.92 Å². The first kappa shape index (κ1) is 154. The highest BCUT2D eigenvalue weighted by atomic mass is 35.6. The van der Waals surface area contributed by atoms with Gasteiger partial charge in [-0.3, -0.25) is 4.79 Å². The number of rotatable bonds is 1. The van der Waals surface area contributed by atoms with E-state index in [4.69, 9.17) is 696 Å². The Morgan fingerprint density at radius 1 is 0.179 bits per heavy atom. The van der Waals surface area contributed by atoms with E-state index >= 15 is 0 Å². The van der Waals surface area contributed by atoms with E-state index in [1.165, 1.54) is 6.92 Å². The molecule has 0 spiro atoms. The lowest BCUT2D eigenvalue weighted by Crippen LogP contribution is -2.07. The molecule has 61 heteroatoms. The minimum atomic E-state index is -1.41. The smallest absolute Gasteiger partial charge is 0.197 e. The van der Waals surface area contributed by atoms with Crippen LogP contribution in [0, 0.1) is 0 Å². The van der Waals surface area contributed by atoms with Crippen molar-refractivity contribution in [2.75, 3.05) is 0 Å². The third kappa shape index (κ3) is 1960. The van der Waals surface area contributed by atoms with Gasteiger partial charge in [0.25, 0.3) is 0 Å². The van der Waals surface area contributed by atoms with Gasteiger partial charge in [0.15, 0.2) is 85.4 Å². The van der Waals surface area contributed by atoms with E-state index in [1.54, 1.807) is 0 Å². The van der Waals surface area contributed by atoms with Crippen molar-refractivity contribution < 1.29 is 4.79 Å². The lowest BCUT2D eigenvalue weighted by molar-refractivity contribution is -0.116. The summed E-state index contributed by atoms with van der Waals surface area (Å²) < 4.78 is -15.7. The minimum Gasteiger partial charge on any atom is -0.300 e. The zero-order valence-electron chi connectivity index (χ0n) is 36.8. The van der Waals surface area contributed by atoms with Gasteiger partial charge in [-0.2, -0.15) is 0 Å². The first-order valence-electron chi connectivity index (χ1n) is 14.4. The third-order valence-corrected chi connectivity index (χ3v) is 0.850. The molecule has 0 unspecified atom stereocenters. The van der Waals surface area contributed by atoms with Gasteiger partial charge in [0.05, 0.1) is 6.42 Å². The van der Waals surface area contributed by atoms with Crippen LogP contribution in [0.5, 0.6) is 0 Å². The Morgan fingerprint density at radius 2 is 0.214 bits per heavy atom. The molecule has 0 aliphatic heterocycles. The van der Waals surface area contributed by atoms with Crippen LogP contribution in [0.1, 0.15) is 13.3 Å². The summed E-state index contributed by atoms with van der Waals surface area (Å²) in [5, 5.41) is 0. The van der Waals surface area contributed by atoms with Gasteiger partial charge in [-0.25, -0.2) is 0 Å². The van der Waals surface area contributed by atoms with Crippen LogP contribution < -0.4 is 0 Å². The van der Waals surface area contributed by atoms with Gasteiger partial charge in [0.2, 0.25) is 0 Å². The van der Waals surface area contributed by atoms with Crippen LogP contribution in [0.3, 0.4) is 0 Å². The van der Waals surface area contributed by atoms with Crippen LogP contribution in [-0.2, 0) is 4.79 Å². The van der Waals surface area contributed by atoms with E-state index in [-0.39, 0.29) is 12.2 Å². The van der Waals surface area contributed by atoms with Crippen LogP contribution in [0.15, 0.2) is 0 Å². The Bertz CT molecular complexity index is 591. The third-order valence-electron chi connectivity index (χ3n) is 0.449. The van der Waals surface area contributed by atoms with Gasteiger partial charge in [0.1, 0.15) is 5.78 Å². The summed E-state index contributed by atoms with van der Waals surface area (Å²) in [6, 6.07) is 0. The van der Waals surface area contributed by atoms with Crippen molar-refractivity contribution in [3.63, 3.8) is 0 Å². The standard InChI is InChI=1S/C4H5Cl3O.19CHCl3/c1-3(8)2-4(5,6)7;19*2-1(3)4/h2H2,1H3;19*1H. The van der Waals surface area contributed by atoms with E-state index < -0.39 is 85.4 Å². The summed E-state index contributed by atoms with van der Waals surface area (Å²) in [4.78, 5) is 10.2. The zero-order valence-corrected chi connectivity index (χ0v) is 82.1. The molecule has 0 bridgehead atoms. The molecule has 0 radical (unpaired) electrons. The SMILES string of the molecule is CC(=O)CC(Cl)(Cl)Cl.ClC(Cl)Cl.ClC(Cl)Cl.ClC(Cl)Cl.ClC(Cl)Cl.ClC(Cl)Cl.ClC(Cl)Cl.ClC(Cl)Cl.ClC(Cl)Cl.ClC(Cl)Cl.ClC(Cl)Cl.ClC(Cl)Cl.ClC(Cl)Cl.ClC(Cl)Cl.ClC(Cl)Cl.ClC(Cl)Cl.ClC(Cl)Cl.ClC(Cl)Cl.ClC(Cl)Cl.ClC(Cl)Cl. The fraction of sp³-hybridized carbons (Fsp3) is 0.957. The van der Waals surface area contributed by atoms with E-state index in [0.29, 0.717) is 0 Å². The van der Waals surface area contributed by atoms with Crippen LogP contribution in [0.25, 0.3) is 0 Å². The maximum Gasteiger partial charge on any atom is 0.197 e. The number of hydrogen-bond acceptors (Lipinski definition) is 1. The maximum atomic E-state index is 10.2. The molecule has 84 heavy (non-hydrogen) atoms. The summed E-state index contributed by atoms with van der Waals surface area (Å²) in [7, 11) is 0. The van der Waals surface area contributed by atoms with Gasteiger partial charge in [-0.1, -0.05) is 696 Å². The van der Waals surface area contributed by atoms with E-state index in [1.807, 2.05) is 0 Å². The highest BCUT2D eigenvalue weighted by molar-refractivity contribution is 6.71. The Kier molecular flexibility index (Phi) is 255. The summed E-state index contributed by atoms with van der Waals surface area (Å²) in [6.07, 6.45) is -0.0162. The first-order valence-corrected chi connectivity index (χ1v) is 40.4. The minimum absolute atomic E-state index is 0.0162. The molecule has 0 fully saturated rings. The molecule has 0 aromatic heterocycles. The van der Waals surface area contributed by atoms with Crippen molar-refractivity contribution in [1.82, 2.24) is 0 Å². The van der Waals surface area contributed by atoms with Crippen LogP contribution >= 0.6 is 696 Å². The summed E-state index contributed by atoms with van der Waals surface area (Å²) in [5.74, 6) is -0.120. The molecule has 0 amide bonds. The summed E-state index contributed by atoms with van der Waals surface area (Å²) in [5.41, 5.74) is 0. The van der Waals surface area contributed by atoms with Gasteiger partial charge < -0.3 is 0 Å². The van der Waals surface area contributed by atoms with Crippen molar-refractivity contribution in [1.29, 1.82) is 0 Å². The normalized spacial score (nSPS) is 9.24. The molecular formula is C23H24Cl60O. The number of carbonyl (C=O) groups excluding carboxylic acids is 1. The first-order chi connectivity index (χ1) is 36.3. The van der Waals surface area contributed by atoms with E-state index in [0.717, 1.165) is 0 Å².